The Hall–Kier alpha value is -0.930. The van der Waals surface area contributed by atoms with Gasteiger partial charge in [-0.2, -0.15) is 0 Å². The number of nitrogens with zero attached hydrogens (tertiary/aromatic N) is 1. The minimum atomic E-state index is -0.148. The Balaban J connectivity index is 1.94. The molecule has 2 rings (SSSR count). The maximum absolute atomic E-state index is 13.0. The largest absolute Gasteiger partial charge is 0.330 e. The van der Waals surface area contributed by atoms with E-state index in [1.807, 2.05) is 6.07 Å². The molecule has 1 aliphatic rings. The van der Waals surface area contributed by atoms with Crippen LogP contribution in [0.25, 0.3) is 0 Å². The second-order valence-corrected chi connectivity index (χ2v) is 4.61. The van der Waals surface area contributed by atoms with E-state index in [2.05, 4.69) is 4.90 Å². The van der Waals surface area contributed by atoms with Gasteiger partial charge in [-0.15, -0.1) is 0 Å². The number of piperidine rings is 1. The van der Waals surface area contributed by atoms with Gasteiger partial charge in [0.1, 0.15) is 5.82 Å². The highest BCUT2D eigenvalue weighted by Gasteiger charge is 2.18. The van der Waals surface area contributed by atoms with Crippen LogP contribution in [0.2, 0.25) is 0 Å². The molecular weight excluding hydrogens is 203 g/mol. The zero-order chi connectivity index (χ0) is 11.4. The van der Waals surface area contributed by atoms with Crippen molar-refractivity contribution in [1.82, 2.24) is 4.90 Å². The maximum atomic E-state index is 13.0. The Morgan fingerprint density at radius 1 is 1.44 bits per heavy atom. The van der Waals surface area contributed by atoms with Gasteiger partial charge < -0.3 is 5.73 Å². The number of nitrogens with two attached hydrogens (primary N) is 1. The van der Waals surface area contributed by atoms with Crippen LogP contribution in [-0.4, -0.2) is 24.5 Å². The van der Waals surface area contributed by atoms with Crippen molar-refractivity contribution in [3.63, 3.8) is 0 Å². The summed E-state index contributed by atoms with van der Waals surface area (Å²) in [5.41, 5.74) is 6.75. The monoisotopic (exact) mass is 222 g/mol. The summed E-state index contributed by atoms with van der Waals surface area (Å²) in [6, 6.07) is 6.86. The number of hydrogen-bond donors (Lipinski definition) is 1. The summed E-state index contributed by atoms with van der Waals surface area (Å²) < 4.78 is 13.0. The topological polar surface area (TPSA) is 29.3 Å². The van der Waals surface area contributed by atoms with E-state index >= 15 is 0 Å². The van der Waals surface area contributed by atoms with E-state index < -0.39 is 0 Å². The van der Waals surface area contributed by atoms with Gasteiger partial charge in [-0.25, -0.2) is 4.39 Å². The quantitative estimate of drug-likeness (QED) is 0.847. The molecule has 0 amide bonds. The van der Waals surface area contributed by atoms with Gasteiger partial charge in [0.25, 0.3) is 0 Å². The summed E-state index contributed by atoms with van der Waals surface area (Å²) in [6.45, 7) is 3.76. The molecule has 0 unspecified atom stereocenters. The molecule has 1 aliphatic heterocycles. The van der Waals surface area contributed by atoms with Gasteiger partial charge >= 0.3 is 0 Å². The summed E-state index contributed by atoms with van der Waals surface area (Å²) in [6.07, 6.45) is 2.44. The van der Waals surface area contributed by atoms with Crippen molar-refractivity contribution in [2.24, 2.45) is 11.7 Å². The van der Waals surface area contributed by atoms with E-state index in [4.69, 9.17) is 5.73 Å². The molecule has 1 fully saturated rings. The van der Waals surface area contributed by atoms with E-state index in [1.54, 1.807) is 12.1 Å². The third-order valence-corrected chi connectivity index (χ3v) is 3.23. The van der Waals surface area contributed by atoms with E-state index in [0.29, 0.717) is 5.92 Å². The average Bonchev–Trinajstić information content (AvgIpc) is 2.29. The van der Waals surface area contributed by atoms with Crippen LogP contribution < -0.4 is 5.73 Å². The molecule has 1 saturated heterocycles. The Morgan fingerprint density at radius 3 is 3.06 bits per heavy atom. The second kappa shape index (κ2) is 5.41. The zero-order valence-electron chi connectivity index (χ0n) is 9.53. The first-order valence-electron chi connectivity index (χ1n) is 5.95. The molecule has 88 valence electrons. The number of hydrogen-bond acceptors (Lipinski definition) is 2. The van der Waals surface area contributed by atoms with Crippen molar-refractivity contribution in [3.05, 3.63) is 35.6 Å². The van der Waals surface area contributed by atoms with Gasteiger partial charge in [0.15, 0.2) is 0 Å². The van der Waals surface area contributed by atoms with Crippen LogP contribution in [0, 0.1) is 11.7 Å². The maximum Gasteiger partial charge on any atom is 0.123 e. The Labute approximate surface area is 96.2 Å². The predicted octanol–water partition coefficient (Wildman–Crippen LogP) is 2.00. The van der Waals surface area contributed by atoms with E-state index in [9.17, 15) is 4.39 Å². The molecule has 0 aromatic heterocycles. The third-order valence-electron chi connectivity index (χ3n) is 3.23. The van der Waals surface area contributed by atoms with E-state index in [1.165, 1.54) is 18.9 Å². The van der Waals surface area contributed by atoms with Crippen LogP contribution in [0.1, 0.15) is 18.4 Å². The van der Waals surface area contributed by atoms with Gasteiger partial charge in [0, 0.05) is 13.1 Å². The number of benzene rings is 1. The normalized spacial score (nSPS) is 22.2. The molecule has 1 heterocycles. The summed E-state index contributed by atoms with van der Waals surface area (Å²) in [5, 5.41) is 0. The molecule has 1 atom stereocenters. The molecule has 0 spiro atoms. The van der Waals surface area contributed by atoms with Crippen LogP contribution in [-0.2, 0) is 6.54 Å². The fourth-order valence-electron chi connectivity index (χ4n) is 2.38. The van der Waals surface area contributed by atoms with E-state index in [0.717, 1.165) is 31.7 Å². The zero-order valence-corrected chi connectivity index (χ0v) is 9.53. The van der Waals surface area contributed by atoms with Crippen LogP contribution in [0.4, 0.5) is 4.39 Å². The lowest BCUT2D eigenvalue weighted by Crippen LogP contribution is -2.37. The molecule has 0 aliphatic carbocycles. The van der Waals surface area contributed by atoms with Gasteiger partial charge in [-0.3, -0.25) is 4.90 Å². The van der Waals surface area contributed by atoms with Crippen LogP contribution in [0.5, 0.6) is 0 Å². The van der Waals surface area contributed by atoms with Gasteiger partial charge in [-0.05, 0) is 49.5 Å². The lowest BCUT2D eigenvalue weighted by atomic mass is 9.98. The van der Waals surface area contributed by atoms with E-state index in [-0.39, 0.29) is 5.82 Å². The number of halogens is 1. The van der Waals surface area contributed by atoms with Crippen molar-refractivity contribution < 1.29 is 4.39 Å². The van der Waals surface area contributed by atoms with Crippen LogP contribution in [0.3, 0.4) is 0 Å². The highest BCUT2D eigenvalue weighted by atomic mass is 19.1. The molecule has 0 bridgehead atoms. The number of likely N-dealkylation sites (tertiary alicyclic amines) is 1. The molecule has 1 aromatic rings. The first-order chi connectivity index (χ1) is 7.78. The average molecular weight is 222 g/mol. The molecule has 3 heteroatoms. The van der Waals surface area contributed by atoms with Crippen molar-refractivity contribution in [2.75, 3.05) is 19.6 Å². The Bertz CT molecular complexity index is 340. The molecule has 2 N–H and O–H groups in total. The lowest BCUT2D eigenvalue weighted by molar-refractivity contribution is 0.171. The fourth-order valence-corrected chi connectivity index (χ4v) is 2.38. The highest BCUT2D eigenvalue weighted by Crippen LogP contribution is 2.17. The SMILES string of the molecule is NC[C@@H]1CCCN(Cc2cccc(F)c2)C1. The standard InChI is InChI=1S/C13H19FN2/c14-13-5-1-3-11(7-13)9-16-6-2-4-12(8-15)10-16/h1,3,5,7,12H,2,4,6,8-10,15H2/t12-/m0/s1. The van der Waals surface area contributed by atoms with Crippen molar-refractivity contribution in [1.29, 1.82) is 0 Å². The summed E-state index contributed by atoms with van der Waals surface area (Å²) in [4.78, 5) is 2.37. The predicted molar refractivity (Wildman–Crippen MR) is 63.5 cm³/mol. The van der Waals surface area contributed by atoms with Gasteiger partial charge in [-0.1, -0.05) is 12.1 Å². The first-order valence-corrected chi connectivity index (χ1v) is 5.95. The third kappa shape index (κ3) is 3.03. The Kier molecular flexibility index (Phi) is 3.91. The Morgan fingerprint density at radius 2 is 2.31 bits per heavy atom. The first kappa shape index (κ1) is 11.6. The van der Waals surface area contributed by atoms with Crippen molar-refractivity contribution >= 4 is 0 Å². The molecule has 16 heavy (non-hydrogen) atoms. The summed E-state index contributed by atoms with van der Waals surface area (Å²) >= 11 is 0. The van der Waals surface area contributed by atoms with Gasteiger partial charge in [0.2, 0.25) is 0 Å². The molecular formula is C13H19FN2. The minimum Gasteiger partial charge on any atom is -0.330 e. The summed E-state index contributed by atoms with van der Waals surface area (Å²) in [5.74, 6) is 0.465. The van der Waals surface area contributed by atoms with Crippen molar-refractivity contribution in [3.8, 4) is 0 Å². The van der Waals surface area contributed by atoms with Gasteiger partial charge in [0.05, 0.1) is 0 Å². The van der Waals surface area contributed by atoms with Crippen LogP contribution >= 0.6 is 0 Å². The molecule has 0 radical (unpaired) electrons. The second-order valence-electron chi connectivity index (χ2n) is 4.61. The number of rotatable bonds is 3. The highest BCUT2D eigenvalue weighted by molar-refractivity contribution is 5.16. The molecule has 0 saturated carbocycles. The molecule has 2 nitrogen and oxygen atoms in total. The van der Waals surface area contributed by atoms with Crippen molar-refractivity contribution in [2.45, 2.75) is 19.4 Å². The summed E-state index contributed by atoms with van der Waals surface area (Å²) in [7, 11) is 0. The lowest BCUT2D eigenvalue weighted by Gasteiger charge is -2.32. The van der Waals surface area contributed by atoms with Crippen LogP contribution in [0.15, 0.2) is 24.3 Å². The fraction of sp³-hybridized carbons (Fsp3) is 0.538. The smallest absolute Gasteiger partial charge is 0.123 e. The minimum absolute atomic E-state index is 0.148. The molecule has 1 aromatic carbocycles.